The van der Waals surface area contributed by atoms with E-state index in [0.717, 1.165) is 49.9 Å². The molecule has 5 nitrogen and oxygen atoms in total. The molecule has 2 fully saturated rings. The van der Waals surface area contributed by atoms with Crippen LogP contribution in [0.5, 0.6) is 0 Å². The van der Waals surface area contributed by atoms with Gasteiger partial charge in [0.1, 0.15) is 0 Å². The summed E-state index contributed by atoms with van der Waals surface area (Å²) in [7, 11) is 0. The van der Waals surface area contributed by atoms with Gasteiger partial charge in [0.05, 0.1) is 12.5 Å². The molecule has 0 radical (unpaired) electrons. The van der Waals surface area contributed by atoms with E-state index >= 15 is 0 Å². The van der Waals surface area contributed by atoms with Crippen molar-refractivity contribution in [3.8, 4) is 0 Å². The molecule has 1 aliphatic carbocycles. The molecule has 2 atom stereocenters. The largest absolute Gasteiger partial charge is 0.466 e. The van der Waals surface area contributed by atoms with Crippen molar-refractivity contribution < 1.29 is 9.53 Å². The number of likely N-dealkylation sites (tertiary alicyclic amines) is 1. The molecule has 1 saturated heterocycles. The first-order valence-corrected chi connectivity index (χ1v) is 9.98. The van der Waals surface area contributed by atoms with E-state index in [0.29, 0.717) is 18.6 Å². The number of halogens is 1. The van der Waals surface area contributed by atoms with Gasteiger partial charge >= 0.3 is 5.97 Å². The molecule has 1 aromatic rings. The second kappa shape index (κ2) is 8.76. The van der Waals surface area contributed by atoms with E-state index in [1.165, 1.54) is 5.56 Å². The van der Waals surface area contributed by atoms with Gasteiger partial charge in [-0.15, -0.1) is 0 Å². The van der Waals surface area contributed by atoms with Crippen LogP contribution < -0.4 is 5.32 Å². The van der Waals surface area contributed by atoms with Crippen molar-refractivity contribution in [3.05, 3.63) is 34.9 Å². The Morgan fingerprint density at radius 2 is 2.12 bits per heavy atom. The predicted octanol–water partition coefficient (Wildman–Crippen LogP) is 3.44. The molecular weight excluding hydrogens is 350 g/mol. The number of benzene rings is 1. The molecule has 6 heteroatoms. The molecule has 0 amide bonds. The van der Waals surface area contributed by atoms with Crippen LogP contribution in [-0.4, -0.2) is 49.1 Å². The number of rotatable bonds is 5. The van der Waals surface area contributed by atoms with Crippen molar-refractivity contribution in [3.63, 3.8) is 0 Å². The summed E-state index contributed by atoms with van der Waals surface area (Å²) >= 11 is 6.11. The molecule has 2 unspecified atom stereocenters. The highest BCUT2D eigenvalue weighted by Gasteiger charge is 2.40. The van der Waals surface area contributed by atoms with Crippen LogP contribution in [0.25, 0.3) is 0 Å². The number of guanidine groups is 1. The summed E-state index contributed by atoms with van der Waals surface area (Å²) in [4.78, 5) is 18.9. The zero-order chi connectivity index (χ0) is 18.5. The molecule has 1 N–H and O–H groups in total. The Hall–Kier alpha value is -1.75. The fraction of sp³-hybridized carbons (Fsp3) is 0.600. The third kappa shape index (κ3) is 4.70. The van der Waals surface area contributed by atoms with Crippen molar-refractivity contribution in [1.82, 2.24) is 10.2 Å². The molecular formula is C20H28ClN3O2. The average Bonchev–Trinajstić information content (AvgIpc) is 3.41. The van der Waals surface area contributed by atoms with E-state index in [1.54, 1.807) is 0 Å². The third-order valence-corrected chi connectivity index (χ3v) is 5.34. The number of carbonyl (C=O) groups is 1. The van der Waals surface area contributed by atoms with Crippen LogP contribution >= 0.6 is 11.6 Å². The van der Waals surface area contributed by atoms with Crippen LogP contribution in [-0.2, 0) is 9.53 Å². The number of hydrogen-bond acceptors (Lipinski definition) is 3. The normalized spacial score (nSPS) is 23.7. The summed E-state index contributed by atoms with van der Waals surface area (Å²) in [6, 6.07) is 8.51. The Morgan fingerprint density at radius 1 is 1.35 bits per heavy atom. The second-order valence-electron chi connectivity index (χ2n) is 6.96. The maximum absolute atomic E-state index is 11.9. The molecule has 142 valence electrons. The third-order valence-electron chi connectivity index (χ3n) is 5.10. The lowest BCUT2D eigenvalue weighted by atomic mass is 9.97. The summed E-state index contributed by atoms with van der Waals surface area (Å²) in [5.41, 5.74) is 1.28. The molecule has 2 aliphatic rings. The fourth-order valence-corrected chi connectivity index (χ4v) is 3.80. The van der Waals surface area contributed by atoms with Crippen molar-refractivity contribution in [2.24, 2.45) is 10.9 Å². The summed E-state index contributed by atoms with van der Waals surface area (Å²) in [6.07, 6.45) is 2.75. The molecule has 0 spiro atoms. The molecule has 0 aromatic heterocycles. The molecule has 1 heterocycles. The first kappa shape index (κ1) is 19.0. The maximum Gasteiger partial charge on any atom is 0.309 e. The summed E-state index contributed by atoms with van der Waals surface area (Å²) in [5.74, 6) is 1.42. The zero-order valence-corrected chi connectivity index (χ0v) is 16.3. The lowest BCUT2D eigenvalue weighted by Gasteiger charge is -2.33. The molecule has 26 heavy (non-hydrogen) atoms. The summed E-state index contributed by atoms with van der Waals surface area (Å²) in [5, 5.41) is 4.40. The van der Waals surface area contributed by atoms with Gasteiger partial charge < -0.3 is 15.0 Å². The lowest BCUT2D eigenvalue weighted by Crippen LogP contribution is -2.47. The minimum absolute atomic E-state index is 0.0224. The van der Waals surface area contributed by atoms with E-state index in [9.17, 15) is 4.79 Å². The first-order chi connectivity index (χ1) is 12.6. The van der Waals surface area contributed by atoms with Crippen LogP contribution in [0.1, 0.15) is 44.6 Å². The van der Waals surface area contributed by atoms with Crippen LogP contribution in [0.3, 0.4) is 0 Å². The van der Waals surface area contributed by atoms with Gasteiger partial charge in [-0.05, 0) is 50.8 Å². The van der Waals surface area contributed by atoms with Crippen molar-refractivity contribution >= 4 is 23.5 Å². The average molecular weight is 378 g/mol. The van der Waals surface area contributed by atoms with Crippen LogP contribution in [0, 0.1) is 5.92 Å². The Kier molecular flexibility index (Phi) is 6.41. The highest BCUT2D eigenvalue weighted by Crippen LogP contribution is 2.41. The van der Waals surface area contributed by atoms with Crippen LogP contribution in [0.4, 0.5) is 0 Å². The van der Waals surface area contributed by atoms with E-state index < -0.39 is 0 Å². The van der Waals surface area contributed by atoms with Gasteiger partial charge in [0, 0.05) is 36.6 Å². The Labute approximate surface area is 160 Å². The van der Waals surface area contributed by atoms with E-state index in [-0.39, 0.29) is 11.9 Å². The molecule has 1 aliphatic heterocycles. The van der Waals surface area contributed by atoms with E-state index in [1.807, 2.05) is 26.0 Å². The summed E-state index contributed by atoms with van der Waals surface area (Å²) < 4.78 is 5.16. The highest BCUT2D eigenvalue weighted by molar-refractivity contribution is 6.30. The second-order valence-corrected chi connectivity index (χ2v) is 7.40. The van der Waals surface area contributed by atoms with Gasteiger partial charge in [0.25, 0.3) is 0 Å². The van der Waals surface area contributed by atoms with Gasteiger partial charge in [-0.3, -0.25) is 9.79 Å². The maximum atomic E-state index is 11.9. The minimum Gasteiger partial charge on any atom is -0.466 e. The SMILES string of the molecule is CCN=C(NC1CC1c1cccc(Cl)c1)N1CCC(C(=O)OCC)CC1. The monoisotopic (exact) mass is 377 g/mol. The number of carbonyl (C=O) groups excluding carboxylic acids is 1. The predicted molar refractivity (Wildman–Crippen MR) is 105 cm³/mol. The Bertz CT molecular complexity index is 656. The summed E-state index contributed by atoms with van der Waals surface area (Å²) in [6.45, 7) is 6.78. The van der Waals surface area contributed by atoms with Crippen molar-refractivity contribution in [2.75, 3.05) is 26.2 Å². The number of aliphatic imine (C=N–C) groups is 1. The smallest absolute Gasteiger partial charge is 0.309 e. The van der Waals surface area contributed by atoms with E-state index in [2.05, 4.69) is 27.3 Å². The number of esters is 1. The number of nitrogens with zero attached hydrogens (tertiary/aromatic N) is 2. The van der Waals surface area contributed by atoms with Crippen molar-refractivity contribution in [1.29, 1.82) is 0 Å². The number of ether oxygens (including phenoxy) is 1. The van der Waals surface area contributed by atoms with Crippen LogP contribution in [0.2, 0.25) is 5.02 Å². The van der Waals surface area contributed by atoms with Gasteiger partial charge in [0.15, 0.2) is 5.96 Å². The lowest BCUT2D eigenvalue weighted by molar-refractivity contribution is -0.149. The number of piperidine rings is 1. The first-order valence-electron chi connectivity index (χ1n) is 9.60. The number of hydrogen-bond donors (Lipinski definition) is 1. The molecule has 1 saturated carbocycles. The van der Waals surface area contributed by atoms with Gasteiger partial charge in [0.2, 0.25) is 0 Å². The quantitative estimate of drug-likeness (QED) is 0.485. The van der Waals surface area contributed by atoms with Crippen molar-refractivity contribution in [2.45, 2.75) is 45.1 Å². The number of nitrogens with one attached hydrogen (secondary N) is 1. The van der Waals surface area contributed by atoms with Gasteiger partial charge in [-0.2, -0.15) is 0 Å². The highest BCUT2D eigenvalue weighted by atomic mass is 35.5. The molecule has 1 aromatic carbocycles. The molecule has 3 rings (SSSR count). The zero-order valence-electron chi connectivity index (χ0n) is 15.6. The fourth-order valence-electron chi connectivity index (χ4n) is 3.60. The Balaban J connectivity index is 1.55. The topological polar surface area (TPSA) is 53.9 Å². The standard InChI is InChI=1S/C20H28ClN3O2/c1-3-22-20(24-10-8-14(9-11-24)19(25)26-4-2)23-18-13-17(18)15-6-5-7-16(21)12-15/h5-7,12,14,17-18H,3-4,8-11,13H2,1-2H3,(H,22,23). The minimum atomic E-state index is -0.0581. The molecule has 0 bridgehead atoms. The van der Waals surface area contributed by atoms with Gasteiger partial charge in [-0.25, -0.2) is 0 Å². The van der Waals surface area contributed by atoms with Gasteiger partial charge in [-0.1, -0.05) is 23.7 Å². The van der Waals surface area contributed by atoms with E-state index in [4.69, 9.17) is 16.3 Å². The Morgan fingerprint density at radius 3 is 2.77 bits per heavy atom. The van der Waals surface area contributed by atoms with Crippen LogP contribution in [0.15, 0.2) is 29.3 Å².